The van der Waals surface area contributed by atoms with E-state index in [1.807, 2.05) is 26.2 Å². The van der Waals surface area contributed by atoms with E-state index in [1.54, 1.807) is 0 Å². The summed E-state index contributed by atoms with van der Waals surface area (Å²) < 4.78 is 23.3. The van der Waals surface area contributed by atoms with Crippen LogP contribution in [0.1, 0.15) is 43.6 Å². The second-order valence-electron chi connectivity index (χ2n) is 9.45. The highest BCUT2D eigenvalue weighted by Gasteiger charge is 2.33. The number of aryl methyl sites for hydroxylation is 2. The van der Waals surface area contributed by atoms with Gasteiger partial charge in [-0.1, -0.05) is 30.5 Å². The van der Waals surface area contributed by atoms with E-state index in [2.05, 4.69) is 51.2 Å². The molecule has 4 aromatic heterocycles. The fourth-order valence-corrected chi connectivity index (χ4v) is 5.41. The van der Waals surface area contributed by atoms with Crippen LogP contribution in [0.5, 0.6) is 0 Å². The SMILES string of the molecule is Cc1noc(C)c1-c1cnc2c(-c3ccc4[nH]ccc4c3)cn(CC3(F)CCCCC3)c2c1. The largest absolute Gasteiger partial charge is 0.361 e. The molecule has 6 heteroatoms. The van der Waals surface area contributed by atoms with Crippen molar-refractivity contribution in [1.29, 1.82) is 0 Å². The molecule has 1 saturated carbocycles. The Balaban J connectivity index is 1.53. The summed E-state index contributed by atoms with van der Waals surface area (Å²) >= 11 is 0. The Morgan fingerprint density at radius 1 is 1.09 bits per heavy atom. The third-order valence-electron chi connectivity index (χ3n) is 7.11. The van der Waals surface area contributed by atoms with Crippen molar-refractivity contribution in [3.05, 3.63) is 60.4 Å². The molecule has 0 spiro atoms. The average molecular weight is 443 g/mol. The van der Waals surface area contributed by atoms with E-state index in [9.17, 15) is 0 Å². The van der Waals surface area contributed by atoms with Gasteiger partial charge in [0.25, 0.3) is 0 Å². The van der Waals surface area contributed by atoms with E-state index in [0.29, 0.717) is 19.4 Å². The van der Waals surface area contributed by atoms with Gasteiger partial charge in [0.15, 0.2) is 0 Å². The van der Waals surface area contributed by atoms with E-state index in [0.717, 1.165) is 74.9 Å². The zero-order valence-electron chi connectivity index (χ0n) is 19.0. The summed E-state index contributed by atoms with van der Waals surface area (Å²) in [5.41, 5.74) is 6.60. The minimum atomic E-state index is -1.18. The van der Waals surface area contributed by atoms with Gasteiger partial charge in [0.1, 0.15) is 11.4 Å². The van der Waals surface area contributed by atoms with Gasteiger partial charge in [-0.15, -0.1) is 0 Å². The third kappa shape index (κ3) is 3.45. The molecule has 0 atom stereocenters. The number of H-pyrrole nitrogens is 1. The van der Waals surface area contributed by atoms with Crippen LogP contribution in [-0.4, -0.2) is 25.4 Å². The number of pyridine rings is 1. The van der Waals surface area contributed by atoms with Crippen LogP contribution in [0.3, 0.4) is 0 Å². The molecule has 168 valence electrons. The van der Waals surface area contributed by atoms with Crippen LogP contribution in [0.2, 0.25) is 0 Å². The number of hydrogen-bond donors (Lipinski definition) is 1. The smallest absolute Gasteiger partial charge is 0.141 e. The quantitative estimate of drug-likeness (QED) is 0.322. The molecule has 0 aliphatic heterocycles. The minimum Gasteiger partial charge on any atom is -0.361 e. The fraction of sp³-hybridized carbons (Fsp3) is 0.333. The molecule has 1 aliphatic rings. The first kappa shape index (κ1) is 20.2. The van der Waals surface area contributed by atoms with Gasteiger partial charge in [-0.2, -0.15) is 0 Å². The topological polar surface area (TPSA) is 59.6 Å². The number of fused-ring (bicyclic) bond motifs is 2. The van der Waals surface area contributed by atoms with Crippen molar-refractivity contribution < 1.29 is 8.91 Å². The monoisotopic (exact) mass is 442 g/mol. The van der Waals surface area contributed by atoms with Gasteiger partial charge in [0.2, 0.25) is 0 Å². The predicted octanol–water partition coefficient (Wildman–Crippen LogP) is 7.13. The highest BCUT2D eigenvalue weighted by atomic mass is 19.1. The van der Waals surface area contributed by atoms with E-state index < -0.39 is 5.67 Å². The van der Waals surface area contributed by atoms with Gasteiger partial charge in [-0.3, -0.25) is 4.98 Å². The fourth-order valence-electron chi connectivity index (χ4n) is 5.41. The molecular formula is C27H27FN4O. The third-order valence-corrected chi connectivity index (χ3v) is 7.11. The van der Waals surface area contributed by atoms with Crippen molar-refractivity contribution >= 4 is 21.9 Å². The van der Waals surface area contributed by atoms with Crippen LogP contribution in [0.15, 0.2) is 53.4 Å². The first-order valence-electron chi connectivity index (χ1n) is 11.7. The maximum absolute atomic E-state index is 15.8. The van der Waals surface area contributed by atoms with Crippen molar-refractivity contribution in [2.75, 3.05) is 0 Å². The van der Waals surface area contributed by atoms with Gasteiger partial charge in [-0.25, -0.2) is 4.39 Å². The summed E-state index contributed by atoms with van der Waals surface area (Å²) in [5.74, 6) is 0.763. The number of halogens is 1. The van der Waals surface area contributed by atoms with Gasteiger partial charge >= 0.3 is 0 Å². The van der Waals surface area contributed by atoms with Crippen LogP contribution in [0.25, 0.3) is 44.2 Å². The summed E-state index contributed by atoms with van der Waals surface area (Å²) in [6.07, 6.45) is 10.2. The van der Waals surface area contributed by atoms with Gasteiger partial charge in [0.05, 0.1) is 23.3 Å². The van der Waals surface area contributed by atoms with Gasteiger partial charge in [-0.05, 0) is 61.9 Å². The Kier molecular flexibility index (Phi) is 4.64. The lowest BCUT2D eigenvalue weighted by Gasteiger charge is -2.30. The molecule has 5 nitrogen and oxygen atoms in total. The molecule has 1 fully saturated rings. The lowest BCUT2D eigenvalue weighted by Crippen LogP contribution is -2.31. The Morgan fingerprint density at radius 3 is 2.73 bits per heavy atom. The van der Waals surface area contributed by atoms with Crippen molar-refractivity contribution in [2.45, 2.75) is 58.2 Å². The second kappa shape index (κ2) is 7.58. The molecule has 0 saturated heterocycles. The van der Waals surface area contributed by atoms with Crippen LogP contribution in [0.4, 0.5) is 4.39 Å². The van der Waals surface area contributed by atoms with Crippen molar-refractivity contribution in [1.82, 2.24) is 19.7 Å². The maximum Gasteiger partial charge on any atom is 0.141 e. The number of nitrogens with zero attached hydrogens (tertiary/aromatic N) is 3. The molecule has 0 unspecified atom stereocenters. The minimum absolute atomic E-state index is 0.350. The molecule has 1 aliphatic carbocycles. The summed E-state index contributed by atoms with van der Waals surface area (Å²) in [5, 5.41) is 5.25. The zero-order valence-corrected chi connectivity index (χ0v) is 19.0. The Labute approximate surface area is 191 Å². The maximum atomic E-state index is 15.8. The van der Waals surface area contributed by atoms with E-state index in [-0.39, 0.29) is 0 Å². The number of benzene rings is 1. The molecule has 0 amide bonds. The van der Waals surface area contributed by atoms with Crippen molar-refractivity contribution in [3.8, 4) is 22.3 Å². The number of aromatic nitrogens is 4. The van der Waals surface area contributed by atoms with E-state index in [1.165, 1.54) is 0 Å². The van der Waals surface area contributed by atoms with Gasteiger partial charge in [0, 0.05) is 40.8 Å². The lowest BCUT2D eigenvalue weighted by atomic mass is 9.86. The summed E-state index contributed by atoms with van der Waals surface area (Å²) in [7, 11) is 0. The molecule has 1 N–H and O–H groups in total. The Hall–Kier alpha value is -3.41. The van der Waals surface area contributed by atoms with E-state index >= 15 is 4.39 Å². The van der Waals surface area contributed by atoms with Crippen LogP contribution < -0.4 is 0 Å². The van der Waals surface area contributed by atoms with Crippen LogP contribution in [-0.2, 0) is 6.54 Å². The second-order valence-corrected chi connectivity index (χ2v) is 9.45. The van der Waals surface area contributed by atoms with Gasteiger partial charge < -0.3 is 14.1 Å². The molecule has 0 radical (unpaired) electrons. The van der Waals surface area contributed by atoms with E-state index in [4.69, 9.17) is 9.51 Å². The standard InChI is InChI=1S/C27H27FN4O/c1-17-25(18(2)33-31-17)21-13-24-26(30-14-21)22(19-6-7-23-20(12-19)8-11-29-23)15-32(24)16-27(28)9-4-3-5-10-27/h6-8,11-15,29H,3-5,9-10,16H2,1-2H3. The normalized spacial score (nSPS) is 16.1. The highest BCUT2D eigenvalue weighted by Crippen LogP contribution is 2.38. The number of nitrogens with one attached hydrogen (secondary N) is 1. The van der Waals surface area contributed by atoms with Crippen molar-refractivity contribution in [3.63, 3.8) is 0 Å². The average Bonchev–Trinajstić information content (AvgIpc) is 3.51. The van der Waals surface area contributed by atoms with Crippen molar-refractivity contribution in [2.24, 2.45) is 0 Å². The molecule has 0 bridgehead atoms. The molecule has 6 rings (SSSR count). The summed E-state index contributed by atoms with van der Waals surface area (Å²) in [6.45, 7) is 4.20. The molecule has 1 aromatic carbocycles. The van der Waals surface area contributed by atoms with Crippen LogP contribution >= 0.6 is 0 Å². The Morgan fingerprint density at radius 2 is 1.94 bits per heavy atom. The Bertz CT molecular complexity index is 1450. The first-order chi connectivity index (χ1) is 16.0. The predicted molar refractivity (Wildman–Crippen MR) is 129 cm³/mol. The lowest BCUT2D eigenvalue weighted by molar-refractivity contribution is 0.0873. The summed E-state index contributed by atoms with van der Waals surface area (Å²) in [6, 6.07) is 10.5. The molecular weight excluding hydrogens is 415 g/mol. The molecule has 4 heterocycles. The molecule has 5 aromatic rings. The first-order valence-corrected chi connectivity index (χ1v) is 11.7. The number of rotatable bonds is 4. The van der Waals surface area contributed by atoms with Crippen LogP contribution in [0, 0.1) is 13.8 Å². The number of aromatic amines is 1. The summed E-state index contributed by atoms with van der Waals surface area (Å²) in [4.78, 5) is 8.13. The zero-order chi connectivity index (χ0) is 22.6. The molecule has 33 heavy (non-hydrogen) atoms. The highest BCUT2D eigenvalue weighted by molar-refractivity contribution is 5.97. The number of hydrogen-bond acceptors (Lipinski definition) is 3. The number of alkyl halides is 1.